The van der Waals surface area contributed by atoms with Gasteiger partial charge in [0.25, 0.3) is 5.91 Å². The van der Waals surface area contributed by atoms with E-state index >= 15 is 0 Å². The molecule has 5 heteroatoms. The minimum Gasteiger partial charge on any atom is -0.493 e. The number of hydrogen-bond acceptors (Lipinski definition) is 3. The number of carboxylic acids is 1. The minimum atomic E-state index is -1.02. The van der Waals surface area contributed by atoms with E-state index in [9.17, 15) is 9.59 Å². The maximum atomic E-state index is 12.0. The molecule has 1 aromatic rings. The average molecular weight is 249 g/mol. The molecular formula is C13H15NO4. The van der Waals surface area contributed by atoms with Gasteiger partial charge in [-0.1, -0.05) is 0 Å². The van der Waals surface area contributed by atoms with Crippen LogP contribution in [0.1, 0.15) is 22.3 Å². The third kappa shape index (κ3) is 2.61. The number of carboxylic acid groups (broad SMARTS) is 1. The third-order valence-corrected chi connectivity index (χ3v) is 2.87. The summed E-state index contributed by atoms with van der Waals surface area (Å²) in [6, 6.07) is 5.23. The molecule has 0 unspecified atom stereocenters. The fraction of sp³-hybridized carbons (Fsp3) is 0.385. The highest BCUT2D eigenvalue weighted by molar-refractivity contribution is 5.96. The second-order valence-electron chi connectivity index (χ2n) is 4.33. The van der Waals surface area contributed by atoms with Crippen LogP contribution in [-0.4, -0.2) is 42.1 Å². The molecule has 1 heterocycles. The van der Waals surface area contributed by atoms with Gasteiger partial charge in [-0.05, 0) is 36.6 Å². The topological polar surface area (TPSA) is 66.8 Å². The van der Waals surface area contributed by atoms with E-state index in [-0.39, 0.29) is 12.5 Å². The summed E-state index contributed by atoms with van der Waals surface area (Å²) >= 11 is 0. The van der Waals surface area contributed by atoms with Gasteiger partial charge >= 0.3 is 5.97 Å². The first-order valence-electron chi connectivity index (χ1n) is 5.81. The van der Waals surface area contributed by atoms with Gasteiger partial charge in [-0.15, -0.1) is 0 Å². The number of likely N-dealkylation sites (N-methyl/N-ethyl adjacent to an activating group) is 1. The number of benzene rings is 1. The van der Waals surface area contributed by atoms with Crippen LogP contribution < -0.4 is 4.74 Å². The van der Waals surface area contributed by atoms with E-state index in [4.69, 9.17) is 9.84 Å². The highest BCUT2D eigenvalue weighted by Crippen LogP contribution is 2.25. The maximum absolute atomic E-state index is 12.0. The van der Waals surface area contributed by atoms with Gasteiger partial charge in [0.15, 0.2) is 0 Å². The van der Waals surface area contributed by atoms with Crippen LogP contribution in [0.25, 0.3) is 0 Å². The first-order valence-corrected chi connectivity index (χ1v) is 5.81. The number of aryl methyl sites for hydroxylation is 1. The molecule has 0 saturated carbocycles. The van der Waals surface area contributed by atoms with Crippen molar-refractivity contribution in [1.29, 1.82) is 0 Å². The monoisotopic (exact) mass is 249 g/mol. The third-order valence-electron chi connectivity index (χ3n) is 2.87. The Hall–Kier alpha value is -2.04. The van der Waals surface area contributed by atoms with E-state index in [1.54, 1.807) is 18.2 Å². The maximum Gasteiger partial charge on any atom is 0.323 e. The number of fused-ring (bicyclic) bond motifs is 1. The van der Waals surface area contributed by atoms with Crippen molar-refractivity contribution in [2.75, 3.05) is 20.2 Å². The number of carbonyl (C=O) groups is 2. The Morgan fingerprint density at radius 2 is 2.22 bits per heavy atom. The number of ether oxygens (including phenoxy) is 1. The molecule has 0 spiro atoms. The lowest BCUT2D eigenvalue weighted by molar-refractivity contribution is -0.137. The zero-order chi connectivity index (χ0) is 13.1. The largest absolute Gasteiger partial charge is 0.493 e. The standard InChI is InChI=1S/C13H15NO4/c1-14(8-12(15)16)13(17)10-4-5-11-9(7-10)3-2-6-18-11/h4-5,7H,2-3,6,8H2,1H3,(H,15,16). The smallest absolute Gasteiger partial charge is 0.323 e. The van der Waals surface area contributed by atoms with E-state index in [1.807, 2.05) is 0 Å². The van der Waals surface area contributed by atoms with Crippen LogP contribution in [0.15, 0.2) is 18.2 Å². The van der Waals surface area contributed by atoms with Crippen molar-refractivity contribution in [3.63, 3.8) is 0 Å². The fourth-order valence-electron chi connectivity index (χ4n) is 1.99. The van der Waals surface area contributed by atoms with Gasteiger partial charge in [0.1, 0.15) is 12.3 Å². The molecule has 0 aliphatic carbocycles. The molecule has 2 rings (SSSR count). The molecular weight excluding hydrogens is 234 g/mol. The summed E-state index contributed by atoms with van der Waals surface area (Å²) in [5, 5.41) is 8.66. The Balaban J connectivity index is 2.18. The van der Waals surface area contributed by atoms with Gasteiger partial charge in [0, 0.05) is 12.6 Å². The summed E-state index contributed by atoms with van der Waals surface area (Å²) in [6.45, 7) is 0.408. The molecule has 1 amide bonds. The van der Waals surface area contributed by atoms with Gasteiger partial charge in [0.05, 0.1) is 6.61 Å². The summed E-state index contributed by atoms with van der Waals surface area (Å²) in [4.78, 5) is 23.7. The van der Waals surface area contributed by atoms with E-state index < -0.39 is 5.97 Å². The van der Waals surface area contributed by atoms with Crippen LogP contribution in [0.5, 0.6) is 5.75 Å². The van der Waals surface area contributed by atoms with Crippen molar-refractivity contribution in [3.05, 3.63) is 29.3 Å². The van der Waals surface area contributed by atoms with Crippen molar-refractivity contribution in [2.24, 2.45) is 0 Å². The quantitative estimate of drug-likeness (QED) is 0.873. The molecule has 18 heavy (non-hydrogen) atoms. The van der Waals surface area contributed by atoms with Crippen molar-refractivity contribution < 1.29 is 19.4 Å². The van der Waals surface area contributed by atoms with Crippen LogP contribution in [0.2, 0.25) is 0 Å². The van der Waals surface area contributed by atoms with Gasteiger partial charge in [-0.3, -0.25) is 9.59 Å². The Labute approximate surface area is 105 Å². The molecule has 0 fully saturated rings. The lowest BCUT2D eigenvalue weighted by Crippen LogP contribution is -2.32. The molecule has 96 valence electrons. The Kier molecular flexibility index (Phi) is 3.50. The van der Waals surface area contributed by atoms with Gasteiger partial charge in [0.2, 0.25) is 0 Å². The highest BCUT2D eigenvalue weighted by Gasteiger charge is 2.17. The SMILES string of the molecule is CN(CC(=O)O)C(=O)c1ccc2c(c1)CCCO2. The second-order valence-corrected chi connectivity index (χ2v) is 4.33. The van der Waals surface area contributed by atoms with Crippen molar-refractivity contribution in [2.45, 2.75) is 12.8 Å². The second kappa shape index (κ2) is 5.08. The molecule has 0 radical (unpaired) electrons. The van der Waals surface area contributed by atoms with Crippen LogP contribution >= 0.6 is 0 Å². The molecule has 0 atom stereocenters. The molecule has 0 saturated heterocycles. The van der Waals surface area contributed by atoms with E-state index in [2.05, 4.69) is 0 Å². The van der Waals surface area contributed by atoms with E-state index in [1.165, 1.54) is 11.9 Å². The van der Waals surface area contributed by atoms with Crippen molar-refractivity contribution in [1.82, 2.24) is 4.90 Å². The minimum absolute atomic E-state index is 0.286. The van der Waals surface area contributed by atoms with E-state index in [0.717, 1.165) is 24.2 Å². The first kappa shape index (κ1) is 12.4. The van der Waals surface area contributed by atoms with Gasteiger partial charge < -0.3 is 14.7 Å². The van der Waals surface area contributed by atoms with Crippen LogP contribution in [-0.2, 0) is 11.2 Å². The van der Waals surface area contributed by atoms with E-state index in [0.29, 0.717) is 12.2 Å². The lowest BCUT2D eigenvalue weighted by Gasteiger charge is -2.19. The Bertz CT molecular complexity index is 484. The number of amides is 1. The summed E-state index contributed by atoms with van der Waals surface area (Å²) in [5.74, 6) is -0.489. The number of aliphatic carboxylic acids is 1. The fourth-order valence-corrected chi connectivity index (χ4v) is 1.99. The number of rotatable bonds is 3. The summed E-state index contributed by atoms with van der Waals surface area (Å²) in [6.07, 6.45) is 1.83. The van der Waals surface area contributed by atoms with Crippen molar-refractivity contribution in [3.8, 4) is 5.75 Å². The van der Waals surface area contributed by atoms with Gasteiger partial charge in [-0.25, -0.2) is 0 Å². The normalized spacial score (nSPS) is 13.4. The lowest BCUT2D eigenvalue weighted by atomic mass is 10.0. The number of nitrogens with zero attached hydrogens (tertiary/aromatic N) is 1. The molecule has 1 N–H and O–H groups in total. The Morgan fingerprint density at radius 3 is 2.94 bits per heavy atom. The molecule has 0 aromatic heterocycles. The van der Waals surface area contributed by atoms with Crippen molar-refractivity contribution >= 4 is 11.9 Å². The predicted molar refractivity (Wildman–Crippen MR) is 64.9 cm³/mol. The van der Waals surface area contributed by atoms with Gasteiger partial charge in [-0.2, -0.15) is 0 Å². The Morgan fingerprint density at radius 1 is 1.44 bits per heavy atom. The average Bonchev–Trinajstić information content (AvgIpc) is 2.36. The summed E-state index contributed by atoms with van der Waals surface area (Å²) in [5.41, 5.74) is 1.51. The molecule has 1 aliphatic heterocycles. The van der Waals surface area contributed by atoms with Crippen LogP contribution in [0.4, 0.5) is 0 Å². The molecule has 0 bridgehead atoms. The zero-order valence-corrected chi connectivity index (χ0v) is 10.2. The first-order chi connectivity index (χ1) is 8.58. The number of hydrogen-bond donors (Lipinski definition) is 1. The summed E-state index contributed by atoms with van der Waals surface area (Å²) < 4.78 is 5.46. The number of carbonyl (C=O) groups excluding carboxylic acids is 1. The summed E-state index contributed by atoms with van der Waals surface area (Å²) in [7, 11) is 1.48. The zero-order valence-electron chi connectivity index (χ0n) is 10.2. The molecule has 5 nitrogen and oxygen atoms in total. The molecule has 1 aromatic carbocycles. The highest BCUT2D eigenvalue weighted by atomic mass is 16.5. The molecule has 1 aliphatic rings. The predicted octanol–water partition coefficient (Wildman–Crippen LogP) is 1.17. The van der Waals surface area contributed by atoms with Crippen LogP contribution in [0.3, 0.4) is 0 Å². The van der Waals surface area contributed by atoms with Crippen LogP contribution in [0, 0.1) is 0 Å².